The van der Waals surface area contributed by atoms with Crippen molar-refractivity contribution in [1.29, 1.82) is 0 Å². The third kappa shape index (κ3) is 4.68. The number of aryl methyl sites for hydroxylation is 2. The van der Waals surface area contributed by atoms with E-state index in [2.05, 4.69) is 30.4 Å². The second kappa shape index (κ2) is 9.78. The van der Waals surface area contributed by atoms with Crippen LogP contribution < -0.4 is 5.32 Å². The Bertz CT molecular complexity index is 1480. The Balaban J connectivity index is 1.24. The van der Waals surface area contributed by atoms with Gasteiger partial charge in [0.15, 0.2) is 0 Å². The number of hydrogen-bond donors (Lipinski definition) is 1. The Kier molecular flexibility index (Phi) is 6.32. The lowest BCUT2D eigenvalue weighted by Gasteiger charge is -2.35. The van der Waals surface area contributed by atoms with Crippen molar-refractivity contribution >= 4 is 34.1 Å². The number of benzene rings is 2. The topological polar surface area (TPSA) is 67.2 Å². The Morgan fingerprint density at radius 3 is 2.73 bits per heavy atom. The third-order valence-electron chi connectivity index (χ3n) is 7.61. The molecule has 1 atom stereocenters. The molecule has 3 heterocycles. The van der Waals surface area contributed by atoms with E-state index in [1.54, 1.807) is 11.3 Å². The summed E-state index contributed by atoms with van der Waals surface area (Å²) in [7, 11) is 1.98. The summed E-state index contributed by atoms with van der Waals surface area (Å²) in [6.45, 7) is 3.21. The highest BCUT2D eigenvalue weighted by Crippen LogP contribution is 2.45. The summed E-state index contributed by atoms with van der Waals surface area (Å²) in [6, 6.07) is 16.1. The first-order valence-corrected chi connectivity index (χ1v) is 14.0. The van der Waals surface area contributed by atoms with E-state index in [0.29, 0.717) is 30.3 Å². The zero-order valence-corrected chi connectivity index (χ0v) is 22.2. The molecule has 190 valence electrons. The Hall–Kier alpha value is -3.45. The lowest BCUT2D eigenvalue weighted by molar-refractivity contribution is 0.0598. The number of nitrogens with one attached hydrogen (secondary N) is 1. The summed E-state index contributed by atoms with van der Waals surface area (Å²) in [5.41, 5.74) is 4.50. The maximum absolute atomic E-state index is 14.0. The van der Waals surface area contributed by atoms with Gasteiger partial charge in [0.25, 0.3) is 11.8 Å². The molecule has 6 rings (SSSR count). The molecule has 2 fully saturated rings. The summed E-state index contributed by atoms with van der Waals surface area (Å²) in [5.74, 6) is 0.385. The van der Waals surface area contributed by atoms with Crippen LogP contribution in [0.4, 0.5) is 0 Å². The number of nitrogens with zero attached hydrogens (tertiary/aromatic N) is 3. The molecule has 1 saturated carbocycles. The number of rotatable bonds is 6. The van der Waals surface area contributed by atoms with Crippen molar-refractivity contribution in [2.45, 2.75) is 51.0 Å². The van der Waals surface area contributed by atoms with E-state index < -0.39 is 0 Å². The second-order valence-electron chi connectivity index (χ2n) is 10.4. The van der Waals surface area contributed by atoms with Crippen LogP contribution in [0.1, 0.15) is 69.4 Å². The van der Waals surface area contributed by atoms with Crippen LogP contribution in [0, 0.1) is 6.92 Å². The number of thiazole rings is 1. The summed E-state index contributed by atoms with van der Waals surface area (Å²) in [5, 5.41) is 5.16. The monoisotopic (exact) mass is 512 g/mol. The van der Waals surface area contributed by atoms with E-state index in [4.69, 9.17) is 4.98 Å². The molecule has 4 aromatic rings. The van der Waals surface area contributed by atoms with E-state index in [1.807, 2.05) is 53.0 Å². The molecular weight excluding hydrogens is 480 g/mol. The Morgan fingerprint density at radius 2 is 1.92 bits per heavy atom. The molecule has 1 aliphatic heterocycles. The van der Waals surface area contributed by atoms with E-state index in [9.17, 15) is 9.59 Å². The standard InChI is InChI=1S/C30H32N4O2S/c1-19-7-5-8-21(17-19)27-26(32-29(37-27)20-12-13-20)30(36)34-15-4-3-9-22(34)18-31-28(35)24-10-6-11-25-23(24)14-16-33(25)2/h5-8,10-11,14,16-17,20,22H,3-4,9,12-13,15,18H2,1-2H3,(H,31,35)/t22-/m0/s1. The predicted molar refractivity (Wildman–Crippen MR) is 148 cm³/mol. The van der Waals surface area contributed by atoms with Gasteiger partial charge in [-0.05, 0) is 62.8 Å². The first-order valence-electron chi connectivity index (χ1n) is 13.2. The van der Waals surface area contributed by atoms with Gasteiger partial charge in [0.1, 0.15) is 5.69 Å². The average Bonchev–Trinajstić information content (AvgIpc) is 3.56. The minimum Gasteiger partial charge on any atom is -0.351 e. The van der Waals surface area contributed by atoms with Gasteiger partial charge < -0.3 is 14.8 Å². The normalized spacial score (nSPS) is 17.8. The Labute approximate surface area is 221 Å². The van der Waals surface area contributed by atoms with Crippen molar-refractivity contribution in [1.82, 2.24) is 19.8 Å². The minimum atomic E-state index is -0.0973. The van der Waals surface area contributed by atoms with Gasteiger partial charge in [0.05, 0.1) is 9.88 Å². The molecule has 1 aliphatic carbocycles. The minimum absolute atomic E-state index is 0.0104. The van der Waals surface area contributed by atoms with Crippen LogP contribution in [0.2, 0.25) is 0 Å². The van der Waals surface area contributed by atoms with Gasteiger partial charge in [0, 0.05) is 54.8 Å². The van der Waals surface area contributed by atoms with Gasteiger partial charge in [-0.15, -0.1) is 11.3 Å². The summed E-state index contributed by atoms with van der Waals surface area (Å²) >= 11 is 1.67. The van der Waals surface area contributed by atoms with Crippen LogP contribution >= 0.6 is 11.3 Å². The summed E-state index contributed by atoms with van der Waals surface area (Å²) < 4.78 is 2.02. The molecule has 1 saturated heterocycles. The molecule has 0 bridgehead atoms. The molecule has 0 unspecified atom stereocenters. The van der Waals surface area contributed by atoms with Gasteiger partial charge in [0.2, 0.25) is 0 Å². The molecule has 2 aromatic heterocycles. The molecule has 2 amide bonds. The van der Waals surface area contributed by atoms with Crippen LogP contribution in [-0.2, 0) is 7.05 Å². The van der Waals surface area contributed by atoms with Crippen molar-refractivity contribution < 1.29 is 9.59 Å². The van der Waals surface area contributed by atoms with E-state index in [-0.39, 0.29) is 17.9 Å². The van der Waals surface area contributed by atoms with Crippen LogP contribution in [0.5, 0.6) is 0 Å². The highest BCUT2D eigenvalue weighted by atomic mass is 32.1. The van der Waals surface area contributed by atoms with Crippen LogP contribution in [-0.4, -0.2) is 45.4 Å². The van der Waals surface area contributed by atoms with Gasteiger partial charge in [-0.25, -0.2) is 4.98 Å². The highest BCUT2D eigenvalue weighted by Gasteiger charge is 2.34. The van der Waals surface area contributed by atoms with Gasteiger partial charge in [-0.3, -0.25) is 9.59 Å². The number of carbonyl (C=O) groups is 2. The lowest BCUT2D eigenvalue weighted by atomic mass is 10.0. The average molecular weight is 513 g/mol. The molecule has 2 aromatic carbocycles. The number of carbonyl (C=O) groups excluding carboxylic acids is 2. The van der Waals surface area contributed by atoms with Gasteiger partial charge in [-0.1, -0.05) is 35.9 Å². The lowest BCUT2D eigenvalue weighted by Crippen LogP contribution is -2.49. The maximum Gasteiger partial charge on any atom is 0.274 e. The fourth-order valence-corrected chi connectivity index (χ4v) is 6.61. The molecule has 7 heteroatoms. The fraction of sp³-hybridized carbons (Fsp3) is 0.367. The van der Waals surface area contributed by atoms with E-state index in [1.165, 1.54) is 5.56 Å². The van der Waals surface area contributed by atoms with E-state index >= 15 is 0 Å². The molecule has 0 radical (unpaired) electrons. The van der Waals surface area contributed by atoms with Crippen molar-refractivity contribution in [2.75, 3.05) is 13.1 Å². The van der Waals surface area contributed by atoms with Crippen LogP contribution in [0.3, 0.4) is 0 Å². The number of piperidine rings is 1. The number of aromatic nitrogens is 2. The fourth-order valence-electron chi connectivity index (χ4n) is 5.39. The van der Waals surface area contributed by atoms with Crippen molar-refractivity contribution in [3.63, 3.8) is 0 Å². The van der Waals surface area contributed by atoms with Crippen LogP contribution in [0.15, 0.2) is 54.7 Å². The highest BCUT2D eigenvalue weighted by molar-refractivity contribution is 7.15. The van der Waals surface area contributed by atoms with E-state index in [0.717, 1.165) is 58.5 Å². The van der Waals surface area contributed by atoms with Crippen molar-refractivity contribution in [2.24, 2.45) is 7.05 Å². The molecule has 37 heavy (non-hydrogen) atoms. The zero-order chi connectivity index (χ0) is 25.5. The molecule has 6 nitrogen and oxygen atoms in total. The first-order chi connectivity index (χ1) is 18.0. The first kappa shape index (κ1) is 23.9. The number of fused-ring (bicyclic) bond motifs is 1. The molecule has 0 spiro atoms. The maximum atomic E-state index is 14.0. The molecule has 2 aliphatic rings. The molecular formula is C30H32N4O2S. The van der Waals surface area contributed by atoms with Gasteiger partial charge in [-0.2, -0.15) is 0 Å². The quantitative estimate of drug-likeness (QED) is 0.349. The van der Waals surface area contributed by atoms with Crippen molar-refractivity contribution in [3.8, 4) is 10.4 Å². The predicted octanol–water partition coefficient (Wildman–Crippen LogP) is 5.91. The SMILES string of the molecule is Cc1cccc(-c2sc(C3CC3)nc2C(=O)N2CCCC[C@H]2CNC(=O)c2cccc3c2ccn3C)c1. The zero-order valence-electron chi connectivity index (χ0n) is 21.4. The number of amides is 2. The number of hydrogen-bond acceptors (Lipinski definition) is 4. The summed E-state index contributed by atoms with van der Waals surface area (Å²) in [6.07, 6.45) is 7.17. The van der Waals surface area contributed by atoms with Crippen LogP contribution in [0.25, 0.3) is 21.3 Å². The third-order valence-corrected chi connectivity index (χ3v) is 8.88. The van der Waals surface area contributed by atoms with Gasteiger partial charge >= 0.3 is 0 Å². The number of likely N-dealkylation sites (tertiary alicyclic amines) is 1. The molecule has 1 N–H and O–H groups in total. The smallest absolute Gasteiger partial charge is 0.274 e. The summed E-state index contributed by atoms with van der Waals surface area (Å²) in [4.78, 5) is 35.0. The largest absolute Gasteiger partial charge is 0.351 e. The van der Waals surface area contributed by atoms with Crippen molar-refractivity contribution in [3.05, 3.63) is 76.6 Å². The second-order valence-corrected chi connectivity index (χ2v) is 11.4. The Morgan fingerprint density at radius 1 is 1.08 bits per heavy atom.